The maximum atomic E-state index is 12.7. The Morgan fingerprint density at radius 3 is 2.56 bits per heavy atom. The third-order valence-corrected chi connectivity index (χ3v) is 2.45. The van der Waals surface area contributed by atoms with Crippen LogP contribution in [0, 0.1) is 5.82 Å². The van der Waals surface area contributed by atoms with Crippen molar-refractivity contribution in [1.29, 1.82) is 0 Å². The molecule has 4 heteroatoms. The first-order valence-electron chi connectivity index (χ1n) is 4.86. The van der Waals surface area contributed by atoms with E-state index in [1.807, 2.05) is 0 Å². The minimum Gasteiger partial charge on any atom is -0.480 e. The second-order valence-corrected chi connectivity index (χ2v) is 3.61. The number of hydrogen-bond donors (Lipinski definition) is 2. The zero-order valence-electron chi connectivity index (χ0n) is 9.03. The van der Waals surface area contributed by atoms with Crippen LogP contribution in [0.4, 0.5) is 4.39 Å². The van der Waals surface area contributed by atoms with Gasteiger partial charge in [-0.25, -0.2) is 9.18 Å². The summed E-state index contributed by atoms with van der Waals surface area (Å²) in [5, 5.41) is 12.0. The van der Waals surface area contributed by atoms with Crippen molar-refractivity contribution in [2.45, 2.75) is 12.5 Å². The second kappa shape index (κ2) is 4.90. The second-order valence-electron chi connectivity index (χ2n) is 3.61. The average molecular weight is 223 g/mol. The molecule has 1 aromatic carbocycles. The van der Waals surface area contributed by atoms with Crippen LogP contribution in [0.25, 0.3) is 0 Å². The standard InChI is InChI=1S/C12H14FNO2/c1-3-8-14-12(2,11(15)16)9-4-6-10(13)7-5-9/h3-7,14H,1,8H2,2H3,(H,15,16). The predicted octanol–water partition coefficient (Wildman–Crippen LogP) is 1.90. The lowest BCUT2D eigenvalue weighted by atomic mass is 9.92. The van der Waals surface area contributed by atoms with E-state index in [-0.39, 0.29) is 5.82 Å². The molecule has 0 radical (unpaired) electrons. The van der Waals surface area contributed by atoms with Crippen molar-refractivity contribution in [2.75, 3.05) is 6.54 Å². The zero-order chi connectivity index (χ0) is 12.2. The summed E-state index contributed by atoms with van der Waals surface area (Å²) in [4.78, 5) is 11.2. The van der Waals surface area contributed by atoms with Crippen LogP contribution in [0.5, 0.6) is 0 Å². The first-order chi connectivity index (χ1) is 7.50. The molecule has 0 heterocycles. The van der Waals surface area contributed by atoms with Crippen LogP contribution >= 0.6 is 0 Å². The smallest absolute Gasteiger partial charge is 0.328 e. The van der Waals surface area contributed by atoms with Crippen LogP contribution in [-0.2, 0) is 10.3 Å². The average Bonchev–Trinajstić information content (AvgIpc) is 2.26. The minimum atomic E-state index is -1.23. The third-order valence-electron chi connectivity index (χ3n) is 2.45. The van der Waals surface area contributed by atoms with Gasteiger partial charge in [0.05, 0.1) is 0 Å². The quantitative estimate of drug-likeness (QED) is 0.749. The van der Waals surface area contributed by atoms with Crippen molar-refractivity contribution in [3.63, 3.8) is 0 Å². The highest BCUT2D eigenvalue weighted by molar-refractivity contribution is 5.80. The van der Waals surface area contributed by atoms with Crippen LogP contribution in [0.1, 0.15) is 12.5 Å². The molecule has 0 aliphatic carbocycles. The van der Waals surface area contributed by atoms with E-state index >= 15 is 0 Å². The highest BCUT2D eigenvalue weighted by Crippen LogP contribution is 2.21. The van der Waals surface area contributed by atoms with E-state index in [0.717, 1.165) is 0 Å². The normalized spacial score (nSPS) is 14.1. The molecule has 0 saturated heterocycles. The fourth-order valence-corrected chi connectivity index (χ4v) is 1.36. The molecule has 86 valence electrons. The molecule has 0 saturated carbocycles. The number of rotatable bonds is 5. The van der Waals surface area contributed by atoms with E-state index in [9.17, 15) is 14.3 Å². The Kier molecular flexibility index (Phi) is 3.79. The number of aliphatic carboxylic acids is 1. The van der Waals surface area contributed by atoms with Gasteiger partial charge in [0.2, 0.25) is 0 Å². The van der Waals surface area contributed by atoms with Gasteiger partial charge < -0.3 is 5.11 Å². The summed E-state index contributed by atoms with van der Waals surface area (Å²) in [7, 11) is 0. The lowest BCUT2D eigenvalue weighted by molar-refractivity contribution is -0.144. The lowest BCUT2D eigenvalue weighted by Crippen LogP contribution is -2.46. The molecule has 1 atom stereocenters. The van der Waals surface area contributed by atoms with Crippen molar-refractivity contribution in [3.05, 3.63) is 48.3 Å². The van der Waals surface area contributed by atoms with Gasteiger partial charge in [0.15, 0.2) is 0 Å². The van der Waals surface area contributed by atoms with E-state index in [1.165, 1.54) is 31.2 Å². The first kappa shape index (κ1) is 12.4. The Morgan fingerprint density at radius 2 is 2.12 bits per heavy atom. The monoisotopic (exact) mass is 223 g/mol. The van der Waals surface area contributed by atoms with E-state index in [4.69, 9.17) is 0 Å². The highest BCUT2D eigenvalue weighted by atomic mass is 19.1. The fourth-order valence-electron chi connectivity index (χ4n) is 1.36. The Morgan fingerprint density at radius 1 is 1.56 bits per heavy atom. The van der Waals surface area contributed by atoms with Gasteiger partial charge in [-0.3, -0.25) is 5.32 Å². The molecular formula is C12H14FNO2. The number of carboxylic acid groups (broad SMARTS) is 1. The molecular weight excluding hydrogens is 209 g/mol. The van der Waals surface area contributed by atoms with Crippen LogP contribution in [0.15, 0.2) is 36.9 Å². The fraction of sp³-hybridized carbons (Fsp3) is 0.250. The maximum absolute atomic E-state index is 12.7. The van der Waals surface area contributed by atoms with Gasteiger partial charge in [0.1, 0.15) is 11.4 Å². The largest absolute Gasteiger partial charge is 0.480 e. The number of hydrogen-bond acceptors (Lipinski definition) is 2. The van der Waals surface area contributed by atoms with Crippen LogP contribution in [0.2, 0.25) is 0 Å². The Hall–Kier alpha value is -1.68. The van der Waals surface area contributed by atoms with Crippen LogP contribution < -0.4 is 5.32 Å². The Bertz CT molecular complexity index is 389. The van der Waals surface area contributed by atoms with Gasteiger partial charge in [-0.1, -0.05) is 18.2 Å². The number of carboxylic acids is 1. The summed E-state index contributed by atoms with van der Waals surface area (Å²) < 4.78 is 12.7. The summed E-state index contributed by atoms with van der Waals surface area (Å²) in [6, 6.07) is 5.40. The third kappa shape index (κ3) is 2.46. The molecule has 0 aliphatic rings. The molecule has 0 spiro atoms. The number of halogens is 1. The van der Waals surface area contributed by atoms with Gasteiger partial charge in [-0.15, -0.1) is 6.58 Å². The van der Waals surface area contributed by atoms with Gasteiger partial charge >= 0.3 is 5.97 Å². The Labute approximate surface area is 93.6 Å². The van der Waals surface area contributed by atoms with Crippen molar-refractivity contribution < 1.29 is 14.3 Å². The van der Waals surface area contributed by atoms with Crippen molar-refractivity contribution >= 4 is 5.97 Å². The molecule has 0 bridgehead atoms. The number of benzene rings is 1. The van der Waals surface area contributed by atoms with Gasteiger partial charge in [-0.05, 0) is 24.6 Å². The van der Waals surface area contributed by atoms with Gasteiger partial charge in [-0.2, -0.15) is 0 Å². The molecule has 16 heavy (non-hydrogen) atoms. The van der Waals surface area contributed by atoms with E-state index in [0.29, 0.717) is 12.1 Å². The molecule has 0 aromatic heterocycles. The molecule has 0 fully saturated rings. The van der Waals surface area contributed by atoms with Crippen LogP contribution in [-0.4, -0.2) is 17.6 Å². The molecule has 1 rings (SSSR count). The van der Waals surface area contributed by atoms with Crippen molar-refractivity contribution in [1.82, 2.24) is 5.32 Å². The van der Waals surface area contributed by atoms with E-state index in [2.05, 4.69) is 11.9 Å². The van der Waals surface area contributed by atoms with Gasteiger partial charge in [0, 0.05) is 6.54 Å². The van der Waals surface area contributed by atoms with E-state index < -0.39 is 11.5 Å². The molecule has 2 N–H and O–H groups in total. The minimum absolute atomic E-state index is 0.361. The maximum Gasteiger partial charge on any atom is 0.328 e. The van der Waals surface area contributed by atoms with Crippen molar-refractivity contribution in [2.24, 2.45) is 0 Å². The zero-order valence-corrected chi connectivity index (χ0v) is 9.03. The number of nitrogens with one attached hydrogen (secondary N) is 1. The Balaban J connectivity index is 3.05. The molecule has 1 unspecified atom stereocenters. The molecule has 1 aromatic rings. The summed E-state index contributed by atoms with van der Waals surface area (Å²) in [6.45, 7) is 5.41. The molecule has 0 amide bonds. The first-order valence-corrected chi connectivity index (χ1v) is 4.86. The summed E-state index contributed by atoms with van der Waals surface area (Å²) in [6.07, 6.45) is 1.57. The molecule has 0 aliphatic heterocycles. The SMILES string of the molecule is C=CCNC(C)(C(=O)O)c1ccc(F)cc1. The van der Waals surface area contributed by atoms with E-state index in [1.54, 1.807) is 6.08 Å². The topological polar surface area (TPSA) is 49.3 Å². The summed E-state index contributed by atoms with van der Waals surface area (Å²) >= 11 is 0. The predicted molar refractivity (Wildman–Crippen MR) is 59.6 cm³/mol. The van der Waals surface area contributed by atoms with Crippen LogP contribution in [0.3, 0.4) is 0 Å². The lowest BCUT2D eigenvalue weighted by Gasteiger charge is -2.26. The summed E-state index contributed by atoms with van der Waals surface area (Å²) in [5.74, 6) is -1.40. The van der Waals surface area contributed by atoms with Crippen molar-refractivity contribution in [3.8, 4) is 0 Å². The van der Waals surface area contributed by atoms with Gasteiger partial charge in [0.25, 0.3) is 0 Å². The number of carbonyl (C=O) groups is 1. The highest BCUT2D eigenvalue weighted by Gasteiger charge is 2.34. The molecule has 3 nitrogen and oxygen atoms in total. The summed E-state index contributed by atoms with van der Waals surface area (Å²) in [5.41, 5.74) is -0.731.